The summed E-state index contributed by atoms with van der Waals surface area (Å²) in [6.45, 7) is 9.84. The maximum atomic E-state index is 17.4. The van der Waals surface area contributed by atoms with E-state index in [0.29, 0.717) is 0 Å². The zero-order chi connectivity index (χ0) is 28.5. The molecule has 4 aliphatic rings. The normalized spacial score (nSPS) is 43.7. The van der Waals surface area contributed by atoms with Crippen LogP contribution in [-0.4, -0.2) is 53.0 Å². The lowest BCUT2D eigenvalue weighted by atomic mass is 9.44. The summed E-state index contributed by atoms with van der Waals surface area (Å²) in [6.07, 6.45) is 0.0418. The summed E-state index contributed by atoms with van der Waals surface area (Å²) in [5.74, 6) is -4.36. The zero-order valence-corrected chi connectivity index (χ0v) is 22.8. The molecule has 3 saturated carbocycles. The van der Waals surface area contributed by atoms with Gasteiger partial charge in [0, 0.05) is 22.7 Å². The van der Waals surface area contributed by atoms with Crippen LogP contribution in [0.2, 0.25) is 0 Å². The second-order valence-corrected chi connectivity index (χ2v) is 13.2. The van der Waals surface area contributed by atoms with Gasteiger partial charge in [-0.05, 0) is 55.2 Å². The number of fused-ring (bicyclic) bond motifs is 5. The number of alkyl halides is 2. The van der Waals surface area contributed by atoms with Crippen LogP contribution in [0.15, 0.2) is 23.8 Å². The van der Waals surface area contributed by atoms with Crippen LogP contribution in [0, 0.1) is 45.3 Å². The van der Waals surface area contributed by atoms with Crippen LogP contribution in [-0.2, 0) is 23.9 Å². The summed E-state index contributed by atoms with van der Waals surface area (Å²) in [4.78, 5) is 38.9. The van der Waals surface area contributed by atoms with Crippen LogP contribution in [0.3, 0.4) is 0 Å². The Bertz CT molecular complexity index is 1150. The monoisotopic (exact) mass is 533 g/mol. The Hall–Kier alpha value is -2.60. The van der Waals surface area contributed by atoms with E-state index in [9.17, 15) is 19.5 Å². The third kappa shape index (κ3) is 3.77. The number of nitriles is 1. The van der Waals surface area contributed by atoms with Crippen LogP contribution in [0.25, 0.3) is 0 Å². The molecule has 0 aromatic rings. The Balaban J connectivity index is 1.84. The van der Waals surface area contributed by atoms with Crippen molar-refractivity contribution >= 4 is 17.7 Å². The van der Waals surface area contributed by atoms with Gasteiger partial charge in [0.25, 0.3) is 0 Å². The number of ether oxygens (including phenoxy) is 2. The molecule has 0 spiro atoms. The SMILES string of the molecule is C[C@@H]1C[C@H]2[C@@H]3C[C@H](F)C4=CC(=O)C=C[C@]4(C)[C@@]3(F)[C@@H](O)C[C@]2(C)[C@]1(OC(=O)CC(C)(C)C)C(=O)OCC#N. The lowest BCUT2D eigenvalue weighted by Crippen LogP contribution is -2.71. The van der Waals surface area contributed by atoms with Gasteiger partial charge < -0.3 is 14.6 Å². The van der Waals surface area contributed by atoms with Gasteiger partial charge in [0.15, 0.2) is 18.1 Å². The first-order chi connectivity index (χ1) is 17.5. The molecule has 0 aromatic heterocycles. The average Bonchev–Trinajstić information content (AvgIpc) is 3.01. The van der Waals surface area contributed by atoms with Crippen LogP contribution >= 0.6 is 0 Å². The minimum Gasteiger partial charge on any atom is -0.447 e. The molecular weight excluding hydrogens is 496 g/mol. The van der Waals surface area contributed by atoms with Gasteiger partial charge in [0.05, 0.1) is 12.5 Å². The van der Waals surface area contributed by atoms with Crippen LogP contribution in [0.1, 0.15) is 67.2 Å². The van der Waals surface area contributed by atoms with Gasteiger partial charge in [-0.3, -0.25) is 9.59 Å². The summed E-state index contributed by atoms with van der Waals surface area (Å²) >= 11 is 0. The van der Waals surface area contributed by atoms with Crippen LogP contribution in [0.4, 0.5) is 8.78 Å². The lowest BCUT2D eigenvalue weighted by molar-refractivity contribution is -0.239. The maximum Gasteiger partial charge on any atom is 0.352 e. The molecule has 3 fully saturated rings. The Kier molecular flexibility index (Phi) is 6.71. The van der Waals surface area contributed by atoms with Crippen molar-refractivity contribution in [1.29, 1.82) is 5.26 Å². The predicted molar refractivity (Wildman–Crippen MR) is 133 cm³/mol. The minimum atomic E-state index is -2.33. The Morgan fingerprint density at radius 1 is 1.24 bits per heavy atom. The van der Waals surface area contributed by atoms with E-state index >= 15 is 8.78 Å². The highest BCUT2D eigenvalue weighted by atomic mass is 19.1. The number of allylic oxidation sites excluding steroid dienone is 4. The van der Waals surface area contributed by atoms with E-state index < -0.39 is 81.9 Å². The maximum absolute atomic E-state index is 17.4. The molecule has 9 heteroatoms. The molecule has 1 N–H and O–H groups in total. The van der Waals surface area contributed by atoms with E-state index in [1.54, 1.807) is 19.9 Å². The van der Waals surface area contributed by atoms with Gasteiger partial charge in [-0.1, -0.05) is 40.7 Å². The van der Waals surface area contributed by atoms with Gasteiger partial charge in [-0.25, -0.2) is 13.6 Å². The largest absolute Gasteiger partial charge is 0.447 e. The Morgan fingerprint density at radius 3 is 2.50 bits per heavy atom. The Labute approximate surface area is 222 Å². The van der Waals surface area contributed by atoms with Crippen molar-refractivity contribution in [3.8, 4) is 6.07 Å². The molecule has 4 aliphatic carbocycles. The minimum absolute atomic E-state index is 0.00810. The number of rotatable bonds is 4. The lowest BCUT2D eigenvalue weighted by Gasteiger charge is -2.63. The smallest absolute Gasteiger partial charge is 0.352 e. The van der Waals surface area contributed by atoms with Crippen molar-refractivity contribution in [3.63, 3.8) is 0 Å². The van der Waals surface area contributed by atoms with Gasteiger partial charge in [0.1, 0.15) is 12.2 Å². The summed E-state index contributed by atoms with van der Waals surface area (Å²) in [7, 11) is 0. The van der Waals surface area contributed by atoms with Gasteiger partial charge >= 0.3 is 11.9 Å². The van der Waals surface area contributed by atoms with E-state index in [1.165, 1.54) is 19.1 Å². The Morgan fingerprint density at radius 2 is 1.89 bits per heavy atom. The van der Waals surface area contributed by atoms with Crippen LogP contribution < -0.4 is 0 Å². The van der Waals surface area contributed by atoms with E-state index in [1.807, 2.05) is 20.8 Å². The second kappa shape index (κ2) is 8.97. The molecule has 38 heavy (non-hydrogen) atoms. The molecule has 208 valence electrons. The standard InChI is InChI=1S/C29H37F2NO6/c1-16-11-18-19-13-21(30)20-12-17(33)7-8-26(20,5)28(19,31)22(34)14-27(18,6)29(16,24(36)37-10-9-32)38-23(35)15-25(2,3)4/h7-8,12,16,18-19,21-22,34H,10-11,13-15H2,1-6H3/t16-,18+,19+,21+,22+,26+,27+,28+,29-/m1/s1. The van der Waals surface area contributed by atoms with Crippen molar-refractivity contribution < 1.29 is 37.7 Å². The van der Waals surface area contributed by atoms with Crippen molar-refractivity contribution in [3.05, 3.63) is 23.8 Å². The molecule has 0 heterocycles. The van der Waals surface area contributed by atoms with Gasteiger partial charge in [-0.15, -0.1) is 0 Å². The molecule has 0 aromatic carbocycles. The van der Waals surface area contributed by atoms with Gasteiger partial charge in [-0.2, -0.15) is 5.26 Å². The molecule has 4 rings (SSSR count). The summed E-state index contributed by atoms with van der Waals surface area (Å²) < 4.78 is 44.4. The first-order valence-corrected chi connectivity index (χ1v) is 13.2. The molecule has 0 amide bonds. The highest BCUT2D eigenvalue weighted by Crippen LogP contribution is 2.71. The average molecular weight is 534 g/mol. The van der Waals surface area contributed by atoms with Crippen molar-refractivity contribution in [2.45, 2.75) is 90.8 Å². The number of esters is 2. The van der Waals surface area contributed by atoms with Crippen LogP contribution in [0.5, 0.6) is 0 Å². The zero-order valence-electron chi connectivity index (χ0n) is 22.8. The quantitative estimate of drug-likeness (QED) is 0.535. The molecule has 0 saturated heterocycles. The molecule has 0 unspecified atom stereocenters. The van der Waals surface area contributed by atoms with E-state index in [0.717, 1.165) is 6.08 Å². The molecule has 7 nitrogen and oxygen atoms in total. The molecule has 0 bridgehead atoms. The second-order valence-electron chi connectivity index (χ2n) is 13.2. The third-order valence-electron chi connectivity index (χ3n) is 9.69. The number of hydrogen-bond donors (Lipinski definition) is 1. The predicted octanol–water partition coefficient (Wildman–Crippen LogP) is 4.34. The number of hydrogen-bond acceptors (Lipinski definition) is 7. The fraction of sp³-hybridized carbons (Fsp3) is 0.724. The summed E-state index contributed by atoms with van der Waals surface area (Å²) in [6, 6.07) is 1.75. The van der Waals surface area contributed by atoms with Gasteiger partial charge in [0.2, 0.25) is 5.60 Å². The van der Waals surface area contributed by atoms with Crippen molar-refractivity contribution in [1.82, 2.24) is 0 Å². The summed E-state index contributed by atoms with van der Waals surface area (Å²) in [5, 5.41) is 20.6. The van der Waals surface area contributed by atoms with E-state index in [2.05, 4.69) is 0 Å². The molecular formula is C29H37F2NO6. The van der Waals surface area contributed by atoms with Crippen molar-refractivity contribution in [2.75, 3.05) is 6.61 Å². The number of carbonyl (C=O) groups is 3. The fourth-order valence-corrected chi connectivity index (χ4v) is 8.07. The first kappa shape index (κ1) is 28.4. The number of nitrogens with zero attached hydrogens (tertiary/aromatic N) is 1. The molecule has 0 radical (unpaired) electrons. The van der Waals surface area contributed by atoms with E-state index in [4.69, 9.17) is 14.7 Å². The third-order valence-corrected chi connectivity index (χ3v) is 9.69. The number of carbonyl (C=O) groups excluding carboxylic acids is 3. The number of aliphatic hydroxyl groups excluding tert-OH is 1. The topological polar surface area (TPSA) is 114 Å². The first-order valence-electron chi connectivity index (χ1n) is 13.2. The molecule has 0 aliphatic heterocycles. The fourth-order valence-electron chi connectivity index (χ4n) is 8.07. The number of ketones is 1. The highest BCUT2D eigenvalue weighted by Gasteiger charge is 2.78. The number of halogens is 2. The van der Waals surface area contributed by atoms with E-state index in [-0.39, 0.29) is 31.3 Å². The summed E-state index contributed by atoms with van der Waals surface area (Å²) in [5.41, 5.74) is -7.55. The van der Waals surface area contributed by atoms with Crippen molar-refractivity contribution in [2.24, 2.45) is 34.0 Å². The molecule has 9 atom stereocenters. The number of aliphatic hydroxyl groups is 1. The highest BCUT2D eigenvalue weighted by molar-refractivity contribution is 6.01.